The summed E-state index contributed by atoms with van der Waals surface area (Å²) in [5.41, 5.74) is 5.73. The van der Waals surface area contributed by atoms with Crippen LogP contribution in [0.4, 0.5) is 0 Å². The number of aromatic nitrogens is 1. The lowest BCUT2D eigenvalue weighted by Gasteiger charge is -2.11. The molecule has 9 heteroatoms. The van der Waals surface area contributed by atoms with Crippen LogP contribution in [-0.4, -0.2) is 36.9 Å². The Morgan fingerprint density at radius 2 is 2.26 bits per heavy atom. The number of rotatable bonds is 4. The molecule has 1 aromatic rings. The summed E-state index contributed by atoms with van der Waals surface area (Å²) in [6.07, 6.45) is 1.32. The van der Waals surface area contributed by atoms with E-state index in [0.717, 1.165) is 0 Å². The Morgan fingerprint density at radius 1 is 1.53 bits per heavy atom. The Balaban J connectivity index is 2.15. The maximum atomic E-state index is 12.0. The van der Waals surface area contributed by atoms with E-state index in [0.29, 0.717) is 5.69 Å². The van der Waals surface area contributed by atoms with E-state index in [4.69, 9.17) is 18.0 Å². The summed E-state index contributed by atoms with van der Waals surface area (Å²) in [4.78, 5) is 15.0. The third kappa shape index (κ3) is 3.25. The third-order valence-electron chi connectivity index (χ3n) is 2.60. The second kappa shape index (κ2) is 5.19. The first-order chi connectivity index (χ1) is 8.88. The maximum absolute atomic E-state index is 12.0. The molecule has 0 aromatic carbocycles. The predicted molar refractivity (Wildman–Crippen MR) is 71.9 cm³/mol. The van der Waals surface area contributed by atoms with Gasteiger partial charge < -0.3 is 11.1 Å². The Hall–Kier alpha value is -1.58. The second-order valence-corrected chi connectivity index (χ2v) is 6.22. The van der Waals surface area contributed by atoms with Crippen LogP contribution >= 0.6 is 12.2 Å². The average Bonchev–Trinajstić information content (AvgIpc) is 2.74. The van der Waals surface area contributed by atoms with Gasteiger partial charge in [-0.2, -0.15) is 0 Å². The fourth-order valence-electron chi connectivity index (χ4n) is 1.66. The lowest BCUT2D eigenvalue weighted by Crippen LogP contribution is -2.36. The molecule has 7 nitrogen and oxygen atoms in total. The molecule has 1 aromatic heterocycles. The highest BCUT2D eigenvalue weighted by Crippen LogP contribution is 2.10. The molecule has 1 amide bonds. The highest BCUT2D eigenvalue weighted by molar-refractivity contribution is 7.89. The Kier molecular flexibility index (Phi) is 3.78. The van der Waals surface area contributed by atoms with E-state index in [1.165, 1.54) is 18.3 Å². The van der Waals surface area contributed by atoms with Crippen LogP contribution in [0.5, 0.6) is 0 Å². The first-order valence-corrected chi connectivity index (χ1v) is 7.32. The summed E-state index contributed by atoms with van der Waals surface area (Å²) in [5, 5.41) is 2.55. The Bertz CT molecular complexity index is 612. The van der Waals surface area contributed by atoms with Crippen molar-refractivity contribution in [2.45, 2.75) is 17.4 Å². The number of carbonyl (C=O) groups is 1. The summed E-state index contributed by atoms with van der Waals surface area (Å²) in [5.74, 6) is -0.172. The van der Waals surface area contributed by atoms with Crippen LogP contribution in [0.3, 0.4) is 0 Å². The third-order valence-corrected chi connectivity index (χ3v) is 4.31. The summed E-state index contributed by atoms with van der Waals surface area (Å²) in [6, 6.07) is 2.37. The van der Waals surface area contributed by atoms with E-state index >= 15 is 0 Å². The minimum atomic E-state index is -3.70. The molecule has 1 atom stereocenters. The number of sulfonamides is 1. The normalized spacial score (nSPS) is 19.2. The van der Waals surface area contributed by atoms with E-state index in [1.54, 1.807) is 0 Å². The number of thiocarbonyl (C=S) groups is 1. The van der Waals surface area contributed by atoms with Crippen molar-refractivity contribution in [3.63, 3.8) is 0 Å². The van der Waals surface area contributed by atoms with Gasteiger partial charge in [0.15, 0.2) is 0 Å². The molecule has 0 saturated carbocycles. The van der Waals surface area contributed by atoms with Crippen LogP contribution in [0.1, 0.15) is 12.1 Å². The molecule has 0 bridgehead atoms. The molecule has 1 aliphatic rings. The van der Waals surface area contributed by atoms with Gasteiger partial charge in [-0.25, -0.2) is 13.1 Å². The second-order valence-electron chi connectivity index (χ2n) is 4.07. The molecule has 102 valence electrons. The van der Waals surface area contributed by atoms with Gasteiger partial charge in [0.1, 0.15) is 9.88 Å². The fourth-order valence-corrected chi connectivity index (χ4v) is 2.96. The lowest BCUT2D eigenvalue weighted by molar-refractivity contribution is -0.119. The highest BCUT2D eigenvalue weighted by Gasteiger charge is 2.26. The van der Waals surface area contributed by atoms with Gasteiger partial charge in [-0.3, -0.25) is 9.78 Å². The average molecular weight is 300 g/mol. The Labute approximate surface area is 115 Å². The minimum absolute atomic E-state index is 0.00634. The smallest absolute Gasteiger partial charge is 0.242 e. The van der Waals surface area contributed by atoms with Gasteiger partial charge in [0.2, 0.25) is 15.9 Å². The van der Waals surface area contributed by atoms with Crippen LogP contribution in [0.15, 0.2) is 23.2 Å². The van der Waals surface area contributed by atoms with Crippen molar-refractivity contribution in [2.24, 2.45) is 5.73 Å². The van der Waals surface area contributed by atoms with Crippen LogP contribution in [0.25, 0.3) is 0 Å². The summed E-state index contributed by atoms with van der Waals surface area (Å²) in [7, 11) is -3.70. The molecule has 2 rings (SSSR count). The molecule has 0 radical (unpaired) electrons. The fraction of sp³-hybridized carbons (Fsp3) is 0.300. The monoisotopic (exact) mass is 300 g/mol. The van der Waals surface area contributed by atoms with E-state index in [2.05, 4.69) is 15.0 Å². The molecule has 19 heavy (non-hydrogen) atoms. The van der Waals surface area contributed by atoms with E-state index in [-0.39, 0.29) is 28.8 Å². The first-order valence-electron chi connectivity index (χ1n) is 5.43. The van der Waals surface area contributed by atoms with Gasteiger partial charge in [0.05, 0.1) is 5.69 Å². The van der Waals surface area contributed by atoms with Crippen LogP contribution in [0.2, 0.25) is 0 Å². The first kappa shape index (κ1) is 13.8. The van der Waals surface area contributed by atoms with Gasteiger partial charge in [0.25, 0.3) is 0 Å². The molecule has 0 spiro atoms. The minimum Gasteiger partial charge on any atom is -0.388 e. The molecule has 2 heterocycles. The molecule has 1 fully saturated rings. The van der Waals surface area contributed by atoms with E-state index < -0.39 is 16.1 Å². The quantitative estimate of drug-likeness (QED) is 0.607. The van der Waals surface area contributed by atoms with Crippen molar-refractivity contribution in [3.05, 3.63) is 24.0 Å². The summed E-state index contributed by atoms with van der Waals surface area (Å²) < 4.78 is 26.5. The van der Waals surface area contributed by atoms with Crippen LogP contribution in [0, 0.1) is 0 Å². The van der Waals surface area contributed by atoms with Gasteiger partial charge >= 0.3 is 0 Å². The van der Waals surface area contributed by atoms with Crippen molar-refractivity contribution >= 4 is 33.1 Å². The van der Waals surface area contributed by atoms with Crippen molar-refractivity contribution in [3.8, 4) is 0 Å². The van der Waals surface area contributed by atoms with Crippen LogP contribution < -0.4 is 15.8 Å². The molecular weight excluding hydrogens is 288 g/mol. The predicted octanol–water partition coefficient (Wildman–Crippen LogP) is -1.12. The van der Waals surface area contributed by atoms with E-state index in [9.17, 15) is 13.2 Å². The molecule has 1 aliphatic heterocycles. The zero-order valence-electron chi connectivity index (χ0n) is 9.79. The number of nitrogens with zero attached hydrogens (tertiary/aromatic N) is 1. The molecular formula is C10H12N4O3S2. The van der Waals surface area contributed by atoms with Crippen molar-refractivity contribution in [1.29, 1.82) is 0 Å². The maximum Gasteiger partial charge on any atom is 0.242 e. The number of nitrogens with two attached hydrogens (primary N) is 1. The van der Waals surface area contributed by atoms with Crippen molar-refractivity contribution in [1.82, 2.24) is 15.0 Å². The SMILES string of the molecule is NC(=S)c1ccc(S(=O)(=O)NC2CNC(=O)C2)cn1. The standard InChI is InChI=1S/C10H12N4O3S2/c11-10(18)8-2-1-7(5-12-8)19(16,17)14-6-3-9(15)13-4-6/h1-2,5-6,14H,3-4H2,(H2,11,18)(H,13,15). The number of hydrogen-bond acceptors (Lipinski definition) is 5. The molecule has 0 aliphatic carbocycles. The molecule has 1 saturated heterocycles. The highest BCUT2D eigenvalue weighted by atomic mass is 32.2. The van der Waals surface area contributed by atoms with Gasteiger partial charge in [-0.05, 0) is 12.1 Å². The Morgan fingerprint density at radius 3 is 2.74 bits per heavy atom. The van der Waals surface area contributed by atoms with Crippen molar-refractivity contribution in [2.75, 3.05) is 6.54 Å². The van der Waals surface area contributed by atoms with Crippen LogP contribution in [-0.2, 0) is 14.8 Å². The largest absolute Gasteiger partial charge is 0.388 e. The number of amides is 1. The molecule has 4 N–H and O–H groups in total. The molecule has 1 unspecified atom stereocenters. The van der Waals surface area contributed by atoms with Gasteiger partial charge in [0, 0.05) is 25.2 Å². The zero-order valence-corrected chi connectivity index (χ0v) is 11.4. The summed E-state index contributed by atoms with van der Waals surface area (Å²) in [6.45, 7) is 0.288. The number of nitrogens with one attached hydrogen (secondary N) is 2. The van der Waals surface area contributed by atoms with Crippen molar-refractivity contribution < 1.29 is 13.2 Å². The van der Waals surface area contributed by atoms with Gasteiger partial charge in [-0.15, -0.1) is 0 Å². The number of pyridine rings is 1. The topological polar surface area (TPSA) is 114 Å². The summed E-state index contributed by atoms with van der Waals surface area (Å²) >= 11 is 4.73. The lowest BCUT2D eigenvalue weighted by atomic mass is 10.3. The van der Waals surface area contributed by atoms with E-state index in [1.807, 2.05) is 0 Å². The number of hydrogen-bond donors (Lipinski definition) is 3. The number of carbonyl (C=O) groups excluding carboxylic acids is 1. The van der Waals surface area contributed by atoms with Gasteiger partial charge in [-0.1, -0.05) is 12.2 Å². The zero-order chi connectivity index (χ0) is 14.0.